The average molecular weight is 516 g/mol. The minimum atomic E-state index is -3.80. The number of nitrogens with zero attached hydrogens (tertiary/aromatic N) is 1. The normalized spacial score (nSPS) is 12.9. The molecule has 0 spiro atoms. The van der Waals surface area contributed by atoms with E-state index >= 15 is 0 Å². The maximum absolute atomic E-state index is 12.5. The second-order valence-electron chi connectivity index (χ2n) is 8.11. The second-order valence-corrected chi connectivity index (χ2v) is 11.6. The van der Waals surface area contributed by atoms with Crippen LogP contribution in [0.4, 0.5) is 0 Å². The molecule has 2 rings (SSSR count). The SMILES string of the molecule is Cc1ccc(S(=O)(=O)NCCN(CCNS(=O)(=O)c2ccc(C)cc2)C(CO)(CO)CO)cc1. The highest BCUT2D eigenvalue weighted by molar-refractivity contribution is 7.89. The van der Waals surface area contributed by atoms with Gasteiger partial charge in [-0.2, -0.15) is 0 Å². The van der Waals surface area contributed by atoms with Crippen molar-refractivity contribution in [1.82, 2.24) is 14.3 Å². The van der Waals surface area contributed by atoms with E-state index in [2.05, 4.69) is 9.44 Å². The molecule has 12 heteroatoms. The van der Waals surface area contributed by atoms with Crippen LogP contribution in [0.2, 0.25) is 0 Å². The summed E-state index contributed by atoms with van der Waals surface area (Å²) < 4.78 is 55.1. The lowest BCUT2D eigenvalue weighted by molar-refractivity contribution is -0.0455. The van der Waals surface area contributed by atoms with E-state index in [0.717, 1.165) is 11.1 Å². The van der Waals surface area contributed by atoms with Gasteiger partial charge >= 0.3 is 0 Å². The van der Waals surface area contributed by atoms with Gasteiger partial charge in [0.15, 0.2) is 0 Å². The van der Waals surface area contributed by atoms with Crippen molar-refractivity contribution in [3.05, 3.63) is 59.7 Å². The number of benzene rings is 2. The van der Waals surface area contributed by atoms with E-state index in [9.17, 15) is 32.2 Å². The third kappa shape index (κ3) is 7.30. The van der Waals surface area contributed by atoms with Crippen LogP contribution in [0, 0.1) is 13.8 Å². The van der Waals surface area contributed by atoms with E-state index in [1.54, 1.807) is 24.3 Å². The number of sulfonamides is 2. The van der Waals surface area contributed by atoms with Gasteiger partial charge in [-0.1, -0.05) is 35.4 Å². The van der Waals surface area contributed by atoms with Crippen LogP contribution in [0.15, 0.2) is 58.3 Å². The van der Waals surface area contributed by atoms with Crippen molar-refractivity contribution in [2.45, 2.75) is 29.2 Å². The molecule has 0 aliphatic heterocycles. The highest BCUT2D eigenvalue weighted by Gasteiger charge is 2.35. The summed E-state index contributed by atoms with van der Waals surface area (Å²) in [4.78, 5) is 1.64. The Balaban J connectivity index is 2.08. The number of rotatable bonds is 14. The molecule has 5 N–H and O–H groups in total. The number of aliphatic hydroxyl groups is 3. The average Bonchev–Trinajstić information content (AvgIpc) is 2.80. The maximum atomic E-state index is 12.5. The van der Waals surface area contributed by atoms with E-state index < -0.39 is 45.4 Å². The largest absolute Gasteiger partial charge is 0.394 e. The molecule has 34 heavy (non-hydrogen) atoms. The third-order valence-corrected chi connectivity index (χ3v) is 8.52. The van der Waals surface area contributed by atoms with Gasteiger partial charge in [0.25, 0.3) is 0 Å². The zero-order valence-corrected chi connectivity index (χ0v) is 20.9. The number of nitrogens with one attached hydrogen (secondary N) is 2. The molecule has 0 unspecified atom stereocenters. The van der Waals surface area contributed by atoms with Gasteiger partial charge in [0, 0.05) is 26.2 Å². The first-order chi connectivity index (χ1) is 16.0. The smallest absolute Gasteiger partial charge is 0.240 e. The van der Waals surface area contributed by atoms with Crippen molar-refractivity contribution in [1.29, 1.82) is 0 Å². The summed E-state index contributed by atoms with van der Waals surface area (Å²) in [6.45, 7) is 1.64. The summed E-state index contributed by atoms with van der Waals surface area (Å²) in [7, 11) is -7.59. The Bertz CT molecular complexity index is 1030. The Morgan fingerprint density at radius 1 is 0.676 bits per heavy atom. The Hall–Kier alpha value is -1.90. The van der Waals surface area contributed by atoms with E-state index in [-0.39, 0.29) is 36.0 Å². The molecule has 10 nitrogen and oxygen atoms in total. The van der Waals surface area contributed by atoms with Crippen LogP contribution in [-0.2, 0) is 20.0 Å². The van der Waals surface area contributed by atoms with Crippen molar-refractivity contribution in [3.63, 3.8) is 0 Å². The van der Waals surface area contributed by atoms with Gasteiger partial charge in [-0.3, -0.25) is 4.90 Å². The summed E-state index contributed by atoms with van der Waals surface area (Å²) in [6, 6.07) is 12.6. The standard InChI is InChI=1S/C22H33N3O7S2/c1-18-3-7-20(8-4-18)33(29,30)23-11-13-25(22(15-26,16-27)17-28)14-12-24-34(31,32)21-9-5-19(2)6-10-21/h3-10,23-24,26-28H,11-17H2,1-2H3. The zero-order chi connectivity index (χ0) is 25.4. The molecular formula is C22H33N3O7S2. The van der Waals surface area contributed by atoms with Gasteiger partial charge in [-0.25, -0.2) is 26.3 Å². The van der Waals surface area contributed by atoms with Gasteiger partial charge in [-0.15, -0.1) is 0 Å². The van der Waals surface area contributed by atoms with Crippen molar-refractivity contribution in [3.8, 4) is 0 Å². The van der Waals surface area contributed by atoms with Crippen molar-refractivity contribution < 1.29 is 32.2 Å². The summed E-state index contributed by atoms with van der Waals surface area (Å²) in [5, 5.41) is 29.5. The van der Waals surface area contributed by atoms with Crippen LogP contribution in [0.25, 0.3) is 0 Å². The van der Waals surface area contributed by atoms with Crippen LogP contribution in [0.3, 0.4) is 0 Å². The number of hydrogen-bond donors (Lipinski definition) is 5. The Kier molecular flexibility index (Phi) is 10.2. The quantitative estimate of drug-likeness (QED) is 0.227. The lowest BCUT2D eigenvalue weighted by Gasteiger charge is -2.40. The van der Waals surface area contributed by atoms with Gasteiger partial charge in [0.2, 0.25) is 20.0 Å². The molecule has 0 saturated carbocycles. The highest BCUT2D eigenvalue weighted by atomic mass is 32.2. The minimum absolute atomic E-state index is 0.000962. The summed E-state index contributed by atoms with van der Waals surface area (Å²) in [5.41, 5.74) is 0.360. The Morgan fingerprint density at radius 2 is 1.00 bits per heavy atom. The predicted molar refractivity (Wildman–Crippen MR) is 128 cm³/mol. The lowest BCUT2D eigenvalue weighted by atomic mass is 10.0. The predicted octanol–water partition coefficient (Wildman–Crippen LogP) is -0.422. The summed E-state index contributed by atoms with van der Waals surface area (Å²) >= 11 is 0. The molecule has 190 valence electrons. The number of hydrogen-bond acceptors (Lipinski definition) is 8. The van der Waals surface area contributed by atoms with E-state index in [1.165, 1.54) is 29.2 Å². The molecule has 0 aromatic heterocycles. The van der Waals surface area contributed by atoms with Gasteiger partial charge in [0.1, 0.15) is 0 Å². The number of aryl methyl sites for hydroxylation is 2. The summed E-state index contributed by atoms with van der Waals surface area (Å²) in [5.74, 6) is 0. The van der Waals surface area contributed by atoms with E-state index in [0.29, 0.717) is 0 Å². The molecule has 0 aliphatic carbocycles. The van der Waals surface area contributed by atoms with Gasteiger partial charge in [0.05, 0.1) is 35.2 Å². The van der Waals surface area contributed by atoms with Crippen LogP contribution >= 0.6 is 0 Å². The van der Waals surface area contributed by atoms with Crippen LogP contribution in [0.1, 0.15) is 11.1 Å². The topological polar surface area (TPSA) is 156 Å². The fourth-order valence-corrected chi connectivity index (χ4v) is 5.31. The van der Waals surface area contributed by atoms with E-state index in [4.69, 9.17) is 0 Å². The molecule has 0 bridgehead atoms. The maximum Gasteiger partial charge on any atom is 0.240 e. The molecule has 0 fully saturated rings. The van der Waals surface area contributed by atoms with Gasteiger partial charge < -0.3 is 15.3 Å². The molecule has 0 radical (unpaired) electrons. The molecule has 0 atom stereocenters. The fraction of sp³-hybridized carbons (Fsp3) is 0.455. The first-order valence-electron chi connectivity index (χ1n) is 10.7. The molecule has 0 heterocycles. The van der Waals surface area contributed by atoms with Crippen LogP contribution in [-0.4, -0.2) is 88.6 Å². The first kappa shape index (κ1) is 28.3. The molecule has 0 amide bonds. The minimum Gasteiger partial charge on any atom is -0.394 e. The fourth-order valence-electron chi connectivity index (χ4n) is 3.27. The molecule has 2 aromatic rings. The molecule has 2 aromatic carbocycles. The third-order valence-electron chi connectivity index (χ3n) is 5.56. The molecule has 0 aliphatic rings. The van der Waals surface area contributed by atoms with Crippen molar-refractivity contribution in [2.75, 3.05) is 46.0 Å². The summed E-state index contributed by atoms with van der Waals surface area (Å²) in [6.07, 6.45) is 0. The first-order valence-corrected chi connectivity index (χ1v) is 13.7. The molecule has 0 saturated heterocycles. The molecular weight excluding hydrogens is 482 g/mol. The van der Waals surface area contributed by atoms with E-state index in [1.807, 2.05) is 13.8 Å². The highest BCUT2D eigenvalue weighted by Crippen LogP contribution is 2.15. The van der Waals surface area contributed by atoms with Crippen LogP contribution in [0.5, 0.6) is 0 Å². The van der Waals surface area contributed by atoms with Crippen molar-refractivity contribution in [2.24, 2.45) is 0 Å². The lowest BCUT2D eigenvalue weighted by Crippen LogP contribution is -2.60. The number of aliphatic hydroxyl groups excluding tert-OH is 3. The Labute approximate surface area is 201 Å². The zero-order valence-electron chi connectivity index (χ0n) is 19.3. The monoisotopic (exact) mass is 515 g/mol. The van der Waals surface area contributed by atoms with Gasteiger partial charge in [-0.05, 0) is 38.1 Å². The van der Waals surface area contributed by atoms with Crippen molar-refractivity contribution >= 4 is 20.0 Å². The Morgan fingerprint density at radius 3 is 1.29 bits per heavy atom. The van der Waals surface area contributed by atoms with Crippen LogP contribution < -0.4 is 9.44 Å². The second kappa shape index (κ2) is 12.2.